The molecule has 0 heterocycles. The zero-order valence-corrected chi connectivity index (χ0v) is 15.1. The van der Waals surface area contributed by atoms with Crippen LogP contribution in [0.3, 0.4) is 0 Å². The molecule has 0 bridgehead atoms. The van der Waals surface area contributed by atoms with Crippen LogP contribution in [0.5, 0.6) is 0 Å². The number of carboxylic acids is 2. The van der Waals surface area contributed by atoms with Crippen molar-refractivity contribution in [3.8, 4) is 0 Å². The van der Waals surface area contributed by atoms with Crippen LogP contribution in [0.15, 0.2) is 0 Å². The molecule has 0 spiro atoms. The number of hydrogen-bond donors (Lipinski definition) is 6. The first-order valence-electron chi connectivity index (χ1n) is 5.66. The number of carbonyl (C=O) groups is 4. The summed E-state index contributed by atoms with van der Waals surface area (Å²) in [7, 11) is 0. The van der Waals surface area contributed by atoms with E-state index in [0.717, 1.165) is 0 Å². The van der Waals surface area contributed by atoms with Gasteiger partial charge in [0.1, 0.15) is 18.6 Å². The second-order valence-corrected chi connectivity index (χ2v) is 4.26. The van der Waals surface area contributed by atoms with E-state index in [9.17, 15) is 19.2 Å². The topological polar surface area (TPSA) is 159 Å². The molecule has 0 aromatic heterocycles. The van der Waals surface area contributed by atoms with Crippen LogP contribution in [0.1, 0.15) is 12.8 Å². The second-order valence-electron chi connectivity index (χ2n) is 3.90. The predicted octanol–water partition coefficient (Wildman–Crippen LogP) is -2.21. The number of nitrogens with two attached hydrogens (primary N) is 1. The minimum atomic E-state index is -1.22. The van der Waals surface area contributed by atoms with Gasteiger partial charge in [0.05, 0.1) is 0 Å². The molecule has 0 aliphatic rings. The summed E-state index contributed by atoms with van der Waals surface area (Å²) in [4.78, 5) is 43.7. The maximum absolute atomic E-state index is 11.5. The zero-order valence-electron chi connectivity index (χ0n) is 11.2. The first kappa shape index (κ1) is 22.1. The molecule has 0 saturated carbocycles. The first-order valence-corrected chi connectivity index (χ1v) is 6.29. The maximum atomic E-state index is 11.5. The number of aliphatic carboxylic acids is 2. The Kier molecular flexibility index (Phi) is 12.1. The molecule has 0 aliphatic heterocycles. The summed E-state index contributed by atoms with van der Waals surface area (Å²) >= 11 is 3.87. The molecule has 0 aliphatic carbocycles. The van der Waals surface area contributed by atoms with Crippen LogP contribution in [0.4, 0.5) is 0 Å². The van der Waals surface area contributed by atoms with E-state index in [1.165, 1.54) is 0 Å². The molecule has 2 atom stereocenters. The van der Waals surface area contributed by atoms with Gasteiger partial charge in [-0.05, 0) is 6.42 Å². The van der Waals surface area contributed by atoms with Gasteiger partial charge < -0.3 is 26.6 Å². The van der Waals surface area contributed by atoms with Crippen molar-refractivity contribution >= 4 is 36.4 Å². The maximum Gasteiger partial charge on any atom is 0.322 e. The van der Waals surface area contributed by atoms with Crippen LogP contribution in [0.25, 0.3) is 0 Å². The Morgan fingerprint density at radius 1 is 1.19 bits per heavy atom. The molecule has 9 nitrogen and oxygen atoms in total. The molecular formula is C10H17N3O6SZn. The molecule has 0 saturated heterocycles. The minimum absolute atomic E-state index is 0. The molecule has 11 heteroatoms. The molecule has 0 aromatic rings. The summed E-state index contributed by atoms with van der Waals surface area (Å²) < 4.78 is 0. The molecule has 0 unspecified atom stereocenters. The third-order valence-corrected chi connectivity index (χ3v) is 2.61. The van der Waals surface area contributed by atoms with E-state index in [-0.39, 0.29) is 38.1 Å². The molecule has 21 heavy (non-hydrogen) atoms. The van der Waals surface area contributed by atoms with Crippen molar-refractivity contribution in [2.24, 2.45) is 5.73 Å². The van der Waals surface area contributed by atoms with E-state index in [1.807, 2.05) is 0 Å². The molecule has 0 aromatic carbocycles. The van der Waals surface area contributed by atoms with E-state index in [1.54, 1.807) is 0 Å². The van der Waals surface area contributed by atoms with Crippen molar-refractivity contribution in [1.29, 1.82) is 0 Å². The fourth-order valence-corrected chi connectivity index (χ4v) is 1.41. The standard InChI is InChI=1S/C10H17N3O6S.Zn/c11-5(10(18)19)1-2-7(14)13-6(4-20)9(17)12-3-8(15)16;/h5-6,20H,1-4,11H2,(H,12,17)(H,13,14)(H,15,16)(H,18,19);/t5-,6-;/m1./s1. The number of carboxylic acid groups (broad SMARTS) is 2. The summed E-state index contributed by atoms with van der Waals surface area (Å²) in [6.07, 6.45) is -0.235. The van der Waals surface area contributed by atoms with Crippen LogP contribution in [0.2, 0.25) is 0 Å². The zero-order chi connectivity index (χ0) is 15.7. The normalized spacial score (nSPS) is 12.5. The molecule has 0 radical (unpaired) electrons. The summed E-state index contributed by atoms with van der Waals surface area (Å²) in [6.45, 7) is -0.567. The van der Waals surface area contributed by atoms with E-state index >= 15 is 0 Å². The Morgan fingerprint density at radius 2 is 1.76 bits per heavy atom. The van der Waals surface area contributed by atoms with Crippen molar-refractivity contribution < 1.29 is 48.9 Å². The minimum Gasteiger partial charge on any atom is -0.480 e. The van der Waals surface area contributed by atoms with E-state index < -0.39 is 42.4 Å². The number of amides is 2. The van der Waals surface area contributed by atoms with E-state index in [2.05, 4.69) is 23.3 Å². The van der Waals surface area contributed by atoms with Gasteiger partial charge in [0, 0.05) is 31.7 Å². The molecule has 6 N–H and O–H groups in total. The van der Waals surface area contributed by atoms with Crippen molar-refractivity contribution in [3.05, 3.63) is 0 Å². The molecule has 2 amide bonds. The number of hydrogen-bond acceptors (Lipinski definition) is 6. The van der Waals surface area contributed by atoms with Crippen molar-refractivity contribution in [2.75, 3.05) is 12.3 Å². The van der Waals surface area contributed by atoms with Crippen LogP contribution in [-0.2, 0) is 38.7 Å². The van der Waals surface area contributed by atoms with Crippen molar-refractivity contribution in [2.45, 2.75) is 24.9 Å². The summed E-state index contributed by atoms with van der Waals surface area (Å²) in [5.74, 6) is -3.70. The summed E-state index contributed by atoms with van der Waals surface area (Å²) in [5.41, 5.74) is 5.23. The van der Waals surface area contributed by atoms with Crippen molar-refractivity contribution in [1.82, 2.24) is 10.6 Å². The van der Waals surface area contributed by atoms with E-state index in [0.29, 0.717) is 0 Å². The number of thiol groups is 1. The summed E-state index contributed by atoms with van der Waals surface area (Å²) in [5, 5.41) is 21.4. The Bertz CT molecular complexity index is 395. The Morgan fingerprint density at radius 3 is 2.19 bits per heavy atom. The molecule has 0 rings (SSSR count). The van der Waals surface area contributed by atoms with Gasteiger partial charge in [0.25, 0.3) is 0 Å². The van der Waals surface area contributed by atoms with Gasteiger partial charge in [0.2, 0.25) is 11.8 Å². The van der Waals surface area contributed by atoms with Crippen LogP contribution in [0, 0.1) is 0 Å². The predicted molar refractivity (Wildman–Crippen MR) is 71.3 cm³/mol. The smallest absolute Gasteiger partial charge is 0.322 e. The number of carbonyl (C=O) groups excluding carboxylic acids is 2. The SMILES string of the molecule is N[C@H](CCC(=O)N[C@H](CS)C(=O)NCC(=O)O)C(=O)O.[Zn]. The Labute approximate surface area is 139 Å². The average molecular weight is 373 g/mol. The molecule has 116 valence electrons. The van der Waals surface area contributed by atoms with Crippen molar-refractivity contribution in [3.63, 3.8) is 0 Å². The van der Waals surface area contributed by atoms with E-state index in [4.69, 9.17) is 15.9 Å². The number of rotatable bonds is 9. The summed E-state index contributed by atoms with van der Waals surface area (Å²) in [6, 6.07) is -2.15. The molecular weight excluding hydrogens is 356 g/mol. The van der Waals surface area contributed by atoms with Crippen LogP contribution < -0.4 is 16.4 Å². The second kappa shape index (κ2) is 11.5. The van der Waals surface area contributed by atoms with Crippen LogP contribution >= 0.6 is 12.6 Å². The van der Waals surface area contributed by atoms with Gasteiger partial charge in [-0.25, -0.2) is 0 Å². The third-order valence-electron chi connectivity index (χ3n) is 2.25. The average Bonchev–Trinajstić information content (AvgIpc) is 2.38. The first-order chi connectivity index (χ1) is 9.27. The van der Waals surface area contributed by atoms with Crippen LogP contribution in [-0.4, -0.2) is 58.3 Å². The van der Waals surface area contributed by atoms with Gasteiger partial charge in [0.15, 0.2) is 0 Å². The third kappa shape index (κ3) is 10.2. The fourth-order valence-electron chi connectivity index (χ4n) is 1.16. The van der Waals surface area contributed by atoms with Gasteiger partial charge in [-0.1, -0.05) is 0 Å². The van der Waals surface area contributed by atoms with Gasteiger partial charge >= 0.3 is 11.9 Å². The quantitative estimate of drug-likeness (QED) is 0.198. The Hall–Kier alpha value is -1.19. The van der Waals surface area contributed by atoms with Gasteiger partial charge in [-0.2, -0.15) is 12.6 Å². The fraction of sp³-hybridized carbons (Fsp3) is 0.600. The molecule has 0 fully saturated rings. The largest absolute Gasteiger partial charge is 0.480 e. The number of nitrogens with one attached hydrogen (secondary N) is 2. The monoisotopic (exact) mass is 371 g/mol. The van der Waals surface area contributed by atoms with Gasteiger partial charge in [-0.15, -0.1) is 0 Å². The van der Waals surface area contributed by atoms with Gasteiger partial charge in [-0.3, -0.25) is 19.2 Å². The Balaban J connectivity index is 0.